The van der Waals surface area contributed by atoms with Gasteiger partial charge in [-0.2, -0.15) is 0 Å². The van der Waals surface area contributed by atoms with Gasteiger partial charge in [-0.15, -0.1) is 0 Å². The maximum absolute atomic E-state index is 12.7. The van der Waals surface area contributed by atoms with E-state index in [4.69, 9.17) is 9.47 Å². The molecule has 1 amide bonds. The van der Waals surface area contributed by atoms with Crippen LogP contribution in [0, 0.1) is 12.8 Å². The molecule has 1 aliphatic heterocycles. The molecule has 0 aromatic heterocycles. The lowest BCUT2D eigenvalue weighted by Crippen LogP contribution is -2.30. The largest absolute Gasteiger partial charge is 0.493 e. The van der Waals surface area contributed by atoms with Crippen LogP contribution >= 0.6 is 0 Å². The summed E-state index contributed by atoms with van der Waals surface area (Å²) in [7, 11) is 5.13. The third-order valence-corrected chi connectivity index (χ3v) is 4.03. The predicted octanol–water partition coefficient (Wildman–Crippen LogP) is 1.69. The van der Waals surface area contributed by atoms with E-state index in [1.54, 1.807) is 20.3 Å². The number of nitrogens with zero attached hydrogens (tertiary/aromatic N) is 1. The van der Waals surface area contributed by atoms with Crippen LogP contribution < -0.4 is 14.8 Å². The minimum Gasteiger partial charge on any atom is -0.493 e. The molecule has 1 aromatic carbocycles. The quantitative estimate of drug-likeness (QED) is 0.897. The van der Waals surface area contributed by atoms with Crippen molar-refractivity contribution in [1.29, 1.82) is 0 Å². The van der Waals surface area contributed by atoms with Crippen LogP contribution in [0.2, 0.25) is 0 Å². The number of aryl methyl sites for hydroxylation is 1. The van der Waals surface area contributed by atoms with E-state index in [1.165, 1.54) is 0 Å². The second kappa shape index (κ2) is 6.80. The van der Waals surface area contributed by atoms with Crippen LogP contribution in [0.5, 0.6) is 11.5 Å². The number of amides is 1. The molecule has 1 saturated heterocycles. The van der Waals surface area contributed by atoms with Crippen molar-refractivity contribution in [1.82, 2.24) is 10.2 Å². The van der Waals surface area contributed by atoms with E-state index in [-0.39, 0.29) is 5.91 Å². The SMILES string of the molecule is CNC[C@H]1CCN(C(=O)c2cc(OC)c(OC)cc2C)C1. The number of benzene rings is 1. The zero-order chi connectivity index (χ0) is 15.4. The lowest BCUT2D eigenvalue weighted by atomic mass is 10.1. The van der Waals surface area contributed by atoms with Crippen LogP contribution in [-0.2, 0) is 0 Å². The van der Waals surface area contributed by atoms with Crippen molar-refractivity contribution in [3.63, 3.8) is 0 Å². The zero-order valence-electron chi connectivity index (χ0n) is 13.2. The second-order valence-corrected chi connectivity index (χ2v) is 5.49. The van der Waals surface area contributed by atoms with Gasteiger partial charge in [0, 0.05) is 18.7 Å². The zero-order valence-corrected chi connectivity index (χ0v) is 13.2. The minimum absolute atomic E-state index is 0.0760. The van der Waals surface area contributed by atoms with E-state index in [0.29, 0.717) is 23.0 Å². The Labute approximate surface area is 126 Å². The summed E-state index contributed by atoms with van der Waals surface area (Å²) in [6.45, 7) is 4.51. The van der Waals surface area contributed by atoms with Gasteiger partial charge in [0.05, 0.1) is 14.2 Å². The number of hydrogen-bond acceptors (Lipinski definition) is 4. The van der Waals surface area contributed by atoms with Crippen molar-refractivity contribution in [2.45, 2.75) is 13.3 Å². The lowest BCUT2D eigenvalue weighted by Gasteiger charge is -2.19. The molecule has 5 heteroatoms. The number of carbonyl (C=O) groups excluding carboxylic acids is 1. The molecule has 116 valence electrons. The third kappa shape index (κ3) is 3.29. The smallest absolute Gasteiger partial charge is 0.254 e. The van der Waals surface area contributed by atoms with E-state index in [9.17, 15) is 4.79 Å². The van der Waals surface area contributed by atoms with Crippen LogP contribution in [0.25, 0.3) is 0 Å². The highest BCUT2D eigenvalue weighted by Crippen LogP contribution is 2.31. The van der Waals surface area contributed by atoms with Gasteiger partial charge in [0.1, 0.15) is 0 Å². The molecule has 21 heavy (non-hydrogen) atoms. The van der Waals surface area contributed by atoms with Crippen molar-refractivity contribution in [2.75, 3.05) is 40.9 Å². The first kappa shape index (κ1) is 15.6. The fraction of sp³-hybridized carbons (Fsp3) is 0.562. The van der Waals surface area contributed by atoms with Crippen molar-refractivity contribution < 1.29 is 14.3 Å². The summed E-state index contributed by atoms with van der Waals surface area (Å²) in [6, 6.07) is 3.63. The standard InChI is InChI=1S/C16H24N2O3/c1-11-7-14(20-3)15(21-4)8-13(11)16(19)18-6-5-12(10-18)9-17-2/h7-8,12,17H,5-6,9-10H2,1-4H3/t12-/m1/s1. The summed E-state index contributed by atoms with van der Waals surface area (Å²) < 4.78 is 10.6. The lowest BCUT2D eigenvalue weighted by molar-refractivity contribution is 0.0786. The van der Waals surface area contributed by atoms with Gasteiger partial charge in [0.25, 0.3) is 5.91 Å². The van der Waals surface area contributed by atoms with Crippen LogP contribution in [0.1, 0.15) is 22.3 Å². The fourth-order valence-electron chi connectivity index (χ4n) is 2.85. The fourth-order valence-corrected chi connectivity index (χ4v) is 2.85. The van der Waals surface area contributed by atoms with Crippen LogP contribution in [0.3, 0.4) is 0 Å². The topological polar surface area (TPSA) is 50.8 Å². The summed E-state index contributed by atoms with van der Waals surface area (Å²) in [6.07, 6.45) is 1.05. The summed E-state index contributed by atoms with van der Waals surface area (Å²) in [5.41, 5.74) is 1.60. The van der Waals surface area contributed by atoms with Gasteiger partial charge in [0.2, 0.25) is 0 Å². The Morgan fingerprint density at radius 3 is 2.62 bits per heavy atom. The molecule has 1 atom stereocenters. The Kier molecular flexibility index (Phi) is 5.07. The molecule has 2 rings (SSSR count). The Morgan fingerprint density at radius 1 is 1.33 bits per heavy atom. The predicted molar refractivity (Wildman–Crippen MR) is 82.2 cm³/mol. The van der Waals surface area contributed by atoms with Gasteiger partial charge in [-0.3, -0.25) is 4.79 Å². The monoisotopic (exact) mass is 292 g/mol. The Morgan fingerprint density at radius 2 is 2.00 bits per heavy atom. The van der Waals surface area contributed by atoms with Crippen molar-refractivity contribution in [3.05, 3.63) is 23.3 Å². The maximum Gasteiger partial charge on any atom is 0.254 e. The van der Waals surface area contributed by atoms with Gasteiger partial charge < -0.3 is 19.7 Å². The first-order valence-electron chi connectivity index (χ1n) is 7.27. The summed E-state index contributed by atoms with van der Waals surface area (Å²) >= 11 is 0. The molecule has 1 N–H and O–H groups in total. The van der Waals surface area contributed by atoms with E-state index < -0.39 is 0 Å². The second-order valence-electron chi connectivity index (χ2n) is 5.49. The summed E-state index contributed by atoms with van der Waals surface area (Å²) in [4.78, 5) is 14.6. The Bertz CT molecular complexity index is 516. The van der Waals surface area contributed by atoms with E-state index >= 15 is 0 Å². The van der Waals surface area contributed by atoms with Crippen LogP contribution in [0.4, 0.5) is 0 Å². The first-order valence-corrected chi connectivity index (χ1v) is 7.27. The van der Waals surface area contributed by atoms with E-state index in [1.807, 2.05) is 24.9 Å². The summed E-state index contributed by atoms with van der Waals surface area (Å²) in [5.74, 6) is 1.87. The molecule has 0 radical (unpaired) electrons. The molecule has 1 aliphatic rings. The van der Waals surface area contributed by atoms with Crippen LogP contribution in [0.15, 0.2) is 12.1 Å². The van der Waals surface area contributed by atoms with Gasteiger partial charge >= 0.3 is 0 Å². The first-order chi connectivity index (χ1) is 10.1. The molecule has 1 aromatic rings. The number of methoxy groups -OCH3 is 2. The molecular formula is C16H24N2O3. The van der Waals surface area contributed by atoms with Crippen molar-refractivity contribution in [2.24, 2.45) is 5.92 Å². The average Bonchev–Trinajstić information content (AvgIpc) is 2.95. The van der Waals surface area contributed by atoms with Gasteiger partial charge in [-0.1, -0.05) is 0 Å². The molecule has 0 aliphatic carbocycles. The molecule has 0 unspecified atom stereocenters. The minimum atomic E-state index is 0.0760. The number of likely N-dealkylation sites (tertiary alicyclic amines) is 1. The van der Waals surface area contributed by atoms with Gasteiger partial charge in [0.15, 0.2) is 11.5 Å². The summed E-state index contributed by atoms with van der Waals surface area (Å²) in [5, 5.41) is 3.18. The highest BCUT2D eigenvalue weighted by atomic mass is 16.5. The number of carbonyl (C=O) groups is 1. The molecule has 1 fully saturated rings. The van der Waals surface area contributed by atoms with Crippen LogP contribution in [-0.4, -0.2) is 51.7 Å². The molecule has 0 bridgehead atoms. The average molecular weight is 292 g/mol. The number of ether oxygens (including phenoxy) is 2. The van der Waals surface area contributed by atoms with Crippen molar-refractivity contribution in [3.8, 4) is 11.5 Å². The molecular weight excluding hydrogens is 268 g/mol. The molecule has 0 saturated carbocycles. The molecule has 1 heterocycles. The molecule has 5 nitrogen and oxygen atoms in total. The Balaban J connectivity index is 2.20. The van der Waals surface area contributed by atoms with E-state index in [0.717, 1.165) is 31.6 Å². The maximum atomic E-state index is 12.7. The third-order valence-electron chi connectivity index (χ3n) is 4.03. The molecule has 0 spiro atoms. The Hall–Kier alpha value is -1.75. The highest BCUT2D eigenvalue weighted by molar-refractivity contribution is 5.96. The normalized spacial score (nSPS) is 17.9. The van der Waals surface area contributed by atoms with Crippen molar-refractivity contribution >= 4 is 5.91 Å². The number of nitrogens with one attached hydrogen (secondary N) is 1. The highest BCUT2D eigenvalue weighted by Gasteiger charge is 2.27. The van der Waals surface area contributed by atoms with Gasteiger partial charge in [-0.05, 0) is 50.6 Å². The number of rotatable bonds is 5. The van der Waals surface area contributed by atoms with Gasteiger partial charge in [-0.25, -0.2) is 0 Å². The number of hydrogen-bond donors (Lipinski definition) is 1. The van der Waals surface area contributed by atoms with E-state index in [2.05, 4.69) is 5.32 Å².